The topological polar surface area (TPSA) is 64.8 Å². The molecule has 0 aromatic carbocycles. The Morgan fingerprint density at radius 1 is 1.42 bits per heavy atom. The average Bonchev–Trinajstić information content (AvgIpc) is 2.34. The number of nitrogens with one attached hydrogen (secondary N) is 1. The molecule has 0 saturated heterocycles. The quantitative estimate of drug-likeness (QED) is 0.817. The lowest BCUT2D eigenvalue weighted by atomic mass is 10.1. The molecular formula is C14H23N5. The summed E-state index contributed by atoms with van der Waals surface area (Å²) >= 11 is 0. The number of hydrogen-bond acceptors (Lipinski definition) is 5. The van der Waals surface area contributed by atoms with Gasteiger partial charge in [0.2, 0.25) is 0 Å². The Bertz CT molecular complexity index is 436. The Hall–Kier alpha value is -1.83. The van der Waals surface area contributed by atoms with E-state index in [1.165, 1.54) is 0 Å². The van der Waals surface area contributed by atoms with Gasteiger partial charge >= 0.3 is 0 Å². The Kier molecular flexibility index (Phi) is 6.07. The predicted octanol–water partition coefficient (Wildman–Crippen LogP) is 2.59. The third-order valence-electron chi connectivity index (χ3n) is 2.80. The zero-order valence-corrected chi connectivity index (χ0v) is 12.3. The fraction of sp³-hybridized carbons (Fsp3) is 0.643. The molecule has 1 rings (SSSR count). The zero-order valence-electron chi connectivity index (χ0n) is 12.3. The normalized spacial score (nSPS) is 10.3. The molecule has 19 heavy (non-hydrogen) atoms. The summed E-state index contributed by atoms with van der Waals surface area (Å²) in [4.78, 5) is 10.8. The standard InChI is InChI=1S/C14H23N5/c1-11(2)6-8-16-13-10-14(18-12(3)17-13)19(4)9-5-7-15/h10-11H,5-6,8-9H2,1-4H3,(H,16,17,18). The van der Waals surface area contributed by atoms with Gasteiger partial charge in [-0.1, -0.05) is 13.8 Å². The molecule has 0 fully saturated rings. The lowest BCUT2D eigenvalue weighted by Crippen LogP contribution is -2.20. The SMILES string of the molecule is Cc1nc(NCCC(C)C)cc(N(C)CCC#N)n1. The average molecular weight is 261 g/mol. The van der Waals surface area contributed by atoms with E-state index in [1.54, 1.807) is 0 Å². The van der Waals surface area contributed by atoms with Crippen LogP contribution in [0.1, 0.15) is 32.5 Å². The molecule has 0 unspecified atom stereocenters. The summed E-state index contributed by atoms with van der Waals surface area (Å²) in [5.41, 5.74) is 0. The Balaban J connectivity index is 2.68. The molecule has 1 N–H and O–H groups in total. The minimum atomic E-state index is 0.496. The van der Waals surface area contributed by atoms with Crippen LogP contribution in [0, 0.1) is 24.2 Å². The van der Waals surface area contributed by atoms with Crippen molar-refractivity contribution in [2.24, 2.45) is 5.92 Å². The predicted molar refractivity (Wildman–Crippen MR) is 78.2 cm³/mol. The molecule has 0 bridgehead atoms. The van der Waals surface area contributed by atoms with Crippen LogP contribution in [0.15, 0.2) is 6.07 Å². The van der Waals surface area contributed by atoms with E-state index in [-0.39, 0.29) is 0 Å². The lowest BCUT2D eigenvalue weighted by Gasteiger charge is -2.18. The zero-order chi connectivity index (χ0) is 14.3. The van der Waals surface area contributed by atoms with Crippen LogP contribution in [-0.4, -0.2) is 30.1 Å². The van der Waals surface area contributed by atoms with Gasteiger partial charge in [0.1, 0.15) is 17.5 Å². The highest BCUT2D eigenvalue weighted by Gasteiger charge is 2.06. The molecule has 5 nitrogen and oxygen atoms in total. The number of anilines is 2. The Morgan fingerprint density at radius 3 is 2.79 bits per heavy atom. The third-order valence-corrected chi connectivity index (χ3v) is 2.80. The molecule has 0 atom stereocenters. The van der Waals surface area contributed by atoms with E-state index < -0.39 is 0 Å². The van der Waals surface area contributed by atoms with Crippen LogP contribution >= 0.6 is 0 Å². The van der Waals surface area contributed by atoms with E-state index in [9.17, 15) is 0 Å². The van der Waals surface area contributed by atoms with Crippen LogP contribution < -0.4 is 10.2 Å². The highest BCUT2D eigenvalue weighted by molar-refractivity contribution is 5.48. The largest absolute Gasteiger partial charge is 0.370 e. The van der Waals surface area contributed by atoms with Crippen molar-refractivity contribution < 1.29 is 0 Å². The molecule has 0 aliphatic heterocycles. The van der Waals surface area contributed by atoms with Gasteiger partial charge in [0.25, 0.3) is 0 Å². The van der Waals surface area contributed by atoms with Crippen LogP contribution in [0.25, 0.3) is 0 Å². The maximum absolute atomic E-state index is 8.62. The van der Waals surface area contributed by atoms with Crippen molar-refractivity contribution in [3.63, 3.8) is 0 Å². The van der Waals surface area contributed by atoms with Crippen molar-refractivity contribution >= 4 is 11.6 Å². The van der Waals surface area contributed by atoms with Crippen molar-refractivity contribution in [2.45, 2.75) is 33.6 Å². The molecule has 1 aromatic heterocycles. The van der Waals surface area contributed by atoms with Gasteiger partial charge in [0.05, 0.1) is 12.5 Å². The monoisotopic (exact) mass is 261 g/mol. The highest BCUT2D eigenvalue weighted by atomic mass is 15.2. The van der Waals surface area contributed by atoms with Crippen LogP contribution in [0.5, 0.6) is 0 Å². The molecule has 0 radical (unpaired) electrons. The summed E-state index contributed by atoms with van der Waals surface area (Å²) in [6, 6.07) is 4.08. The number of aryl methyl sites for hydroxylation is 1. The first-order valence-electron chi connectivity index (χ1n) is 6.70. The van der Waals surface area contributed by atoms with Gasteiger partial charge in [-0.2, -0.15) is 5.26 Å². The second-order valence-corrected chi connectivity index (χ2v) is 5.10. The molecule has 5 heteroatoms. The van der Waals surface area contributed by atoms with Crippen molar-refractivity contribution in [3.05, 3.63) is 11.9 Å². The van der Waals surface area contributed by atoms with Crippen LogP contribution in [0.3, 0.4) is 0 Å². The molecular weight excluding hydrogens is 238 g/mol. The molecule has 0 aliphatic carbocycles. The van der Waals surface area contributed by atoms with Gasteiger partial charge in [0.15, 0.2) is 0 Å². The molecule has 0 spiro atoms. The molecule has 0 aliphatic rings. The van der Waals surface area contributed by atoms with E-state index in [0.717, 1.165) is 30.4 Å². The maximum Gasteiger partial charge on any atom is 0.134 e. The number of rotatable bonds is 7. The summed E-state index contributed by atoms with van der Waals surface area (Å²) in [7, 11) is 1.94. The van der Waals surface area contributed by atoms with Crippen molar-refractivity contribution in [1.82, 2.24) is 9.97 Å². The smallest absolute Gasteiger partial charge is 0.134 e. The minimum absolute atomic E-state index is 0.496. The molecule has 104 valence electrons. The highest BCUT2D eigenvalue weighted by Crippen LogP contribution is 2.15. The van der Waals surface area contributed by atoms with E-state index >= 15 is 0 Å². The number of hydrogen-bond donors (Lipinski definition) is 1. The van der Waals surface area contributed by atoms with Gasteiger partial charge in [-0.05, 0) is 19.3 Å². The summed E-state index contributed by atoms with van der Waals surface area (Å²) in [5, 5.41) is 11.9. The molecule has 0 amide bonds. The molecule has 1 aromatic rings. The second-order valence-electron chi connectivity index (χ2n) is 5.10. The summed E-state index contributed by atoms with van der Waals surface area (Å²) in [5.74, 6) is 3.13. The van der Waals surface area contributed by atoms with E-state index in [4.69, 9.17) is 5.26 Å². The van der Waals surface area contributed by atoms with Crippen molar-refractivity contribution in [3.8, 4) is 6.07 Å². The second kappa shape index (κ2) is 7.57. The first-order valence-corrected chi connectivity index (χ1v) is 6.70. The fourth-order valence-corrected chi connectivity index (χ4v) is 1.66. The van der Waals surface area contributed by atoms with Gasteiger partial charge < -0.3 is 10.2 Å². The number of nitrogens with zero attached hydrogens (tertiary/aromatic N) is 4. The summed E-state index contributed by atoms with van der Waals surface area (Å²) in [6.07, 6.45) is 1.61. The van der Waals surface area contributed by atoms with Gasteiger partial charge in [0, 0.05) is 26.2 Å². The van der Waals surface area contributed by atoms with Crippen LogP contribution in [0.4, 0.5) is 11.6 Å². The Morgan fingerprint density at radius 2 is 2.16 bits per heavy atom. The molecule has 1 heterocycles. The van der Waals surface area contributed by atoms with Crippen molar-refractivity contribution in [2.75, 3.05) is 30.4 Å². The van der Waals surface area contributed by atoms with Crippen molar-refractivity contribution in [1.29, 1.82) is 5.26 Å². The number of nitriles is 1. The minimum Gasteiger partial charge on any atom is -0.370 e. The first-order chi connectivity index (χ1) is 9.02. The number of aromatic nitrogens is 2. The van der Waals surface area contributed by atoms with E-state index in [2.05, 4.69) is 35.2 Å². The van der Waals surface area contributed by atoms with Gasteiger partial charge in [-0.25, -0.2) is 9.97 Å². The van der Waals surface area contributed by atoms with Gasteiger partial charge in [-0.3, -0.25) is 0 Å². The van der Waals surface area contributed by atoms with Gasteiger partial charge in [-0.15, -0.1) is 0 Å². The van der Waals surface area contributed by atoms with E-state index in [1.807, 2.05) is 24.9 Å². The Labute approximate surface area is 115 Å². The van der Waals surface area contributed by atoms with Crippen LogP contribution in [0.2, 0.25) is 0 Å². The fourth-order valence-electron chi connectivity index (χ4n) is 1.66. The van der Waals surface area contributed by atoms with E-state index in [0.29, 0.717) is 18.9 Å². The summed E-state index contributed by atoms with van der Waals surface area (Å²) < 4.78 is 0. The maximum atomic E-state index is 8.62. The lowest BCUT2D eigenvalue weighted by molar-refractivity contribution is 0.606. The first kappa shape index (κ1) is 15.2. The van der Waals surface area contributed by atoms with Crippen LogP contribution in [-0.2, 0) is 0 Å². The summed E-state index contributed by atoms with van der Waals surface area (Å²) in [6.45, 7) is 7.88. The third kappa shape index (κ3) is 5.56. The molecule has 0 saturated carbocycles.